The molecule has 1 heterocycles. The number of fused-ring (bicyclic) bond motifs is 3. The first-order valence-corrected chi connectivity index (χ1v) is 11.4. The number of ketones is 1. The van der Waals surface area contributed by atoms with Crippen molar-refractivity contribution in [2.45, 2.75) is 26.2 Å². The van der Waals surface area contributed by atoms with Crippen LogP contribution in [0.15, 0.2) is 72.8 Å². The lowest BCUT2D eigenvalue weighted by Crippen LogP contribution is -2.34. The minimum atomic E-state index is -1.23. The second kappa shape index (κ2) is 10.3. The average molecular weight is 458 g/mol. The Labute approximate surface area is 197 Å². The molecule has 0 saturated heterocycles. The molecule has 1 aromatic heterocycles. The summed E-state index contributed by atoms with van der Waals surface area (Å²) in [7, 11) is 0. The van der Waals surface area contributed by atoms with Crippen LogP contribution in [0.3, 0.4) is 0 Å². The first-order valence-electron chi connectivity index (χ1n) is 11.4. The van der Waals surface area contributed by atoms with E-state index in [1.165, 1.54) is 0 Å². The summed E-state index contributed by atoms with van der Waals surface area (Å²) in [6.07, 6.45) is -0.0436. The summed E-state index contributed by atoms with van der Waals surface area (Å²) < 4.78 is 10.4. The normalized spacial score (nSPS) is 12.1. The average Bonchev–Trinajstić information content (AvgIpc) is 3.22. The SMILES string of the molecule is CCOC(=O)C(C(=O)OCC)C(CC(=O)c1ccc2c(c1)[nH]c1ccccc12)c1ccccc1. The largest absolute Gasteiger partial charge is 0.465 e. The molecule has 1 unspecified atom stereocenters. The Morgan fingerprint density at radius 1 is 0.765 bits per heavy atom. The number of benzene rings is 3. The number of aromatic amines is 1. The molecule has 4 aromatic rings. The van der Waals surface area contributed by atoms with E-state index in [9.17, 15) is 14.4 Å². The number of hydrogen-bond acceptors (Lipinski definition) is 5. The predicted molar refractivity (Wildman–Crippen MR) is 131 cm³/mol. The summed E-state index contributed by atoms with van der Waals surface area (Å²) in [6, 6.07) is 22.6. The molecule has 4 rings (SSSR count). The van der Waals surface area contributed by atoms with E-state index in [2.05, 4.69) is 4.98 Å². The number of para-hydroxylation sites is 1. The van der Waals surface area contributed by atoms with Gasteiger partial charge in [-0.15, -0.1) is 0 Å². The highest BCUT2D eigenvalue weighted by Crippen LogP contribution is 2.33. The van der Waals surface area contributed by atoms with Crippen LogP contribution in [-0.4, -0.2) is 35.9 Å². The lowest BCUT2D eigenvalue weighted by molar-refractivity contribution is -0.162. The van der Waals surface area contributed by atoms with E-state index in [4.69, 9.17) is 9.47 Å². The Morgan fingerprint density at radius 2 is 1.38 bits per heavy atom. The second-order valence-electron chi connectivity index (χ2n) is 8.06. The summed E-state index contributed by atoms with van der Waals surface area (Å²) >= 11 is 0. The number of carbonyl (C=O) groups excluding carboxylic acids is 3. The smallest absolute Gasteiger partial charge is 0.320 e. The molecule has 6 heteroatoms. The topological polar surface area (TPSA) is 85.5 Å². The highest BCUT2D eigenvalue weighted by atomic mass is 16.6. The van der Waals surface area contributed by atoms with Crippen LogP contribution in [-0.2, 0) is 19.1 Å². The fourth-order valence-electron chi connectivity index (χ4n) is 4.36. The van der Waals surface area contributed by atoms with E-state index in [1.807, 2.05) is 66.7 Å². The quantitative estimate of drug-likeness (QED) is 0.206. The van der Waals surface area contributed by atoms with Gasteiger partial charge in [0.1, 0.15) is 0 Å². The third kappa shape index (κ3) is 4.71. The molecule has 34 heavy (non-hydrogen) atoms. The zero-order valence-electron chi connectivity index (χ0n) is 19.2. The molecule has 0 aliphatic rings. The van der Waals surface area contributed by atoms with Gasteiger partial charge in [0.25, 0.3) is 0 Å². The molecule has 1 atom stereocenters. The van der Waals surface area contributed by atoms with Crippen LogP contribution in [0.4, 0.5) is 0 Å². The Balaban J connectivity index is 1.70. The van der Waals surface area contributed by atoms with E-state index in [0.717, 1.165) is 21.8 Å². The number of hydrogen-bond donors (Lipinski definition) is 1. The third-order valence-electron chi connectivity index (χ3n) is 5.94. The fourth-order valence-corrected chi connectivity index (χ4v) is 4.36. The van der Waals surface area contributed by atoms with Gasteiger partial charge >= 0.3 is 11.9 Å². The van der Waals surface area contributed by atoms with E-state index in [1.54, 1.807) is 19.9 Å². The molecule has 0 saturated carbocycles. The van der Waals surface area contributed by atoms with Crippen LogP contribution in [0.1, 0.15) is 42.1 Å². The van der Waals surface area contributed by atoms with Crippen molar-refractivity contribution in [3.63, 3.8) is 0 Å². The third-order valence-corrected chi connectivity index (χ3v) is 5.94. The monoisotopic (exact) mass is 457 g/mol. The number of esters is 2. The van der Waals surface area contributed by atoms with Gasteiger partial charge in [-0.3, -0.25) is 14.4 Å². The highest BCUT2D eigenvalue weighted by Gasteiger charge is 2.39. The molecule has 0 bridgehead atoms. The van der Waals surface area contributed by atoms with Crippen molar-refractivity contribution in [3.05, 3.63) is 83.9 Å². The van der Waals surface area contributed by atoms with Crippen LogP contribution in [0.5, 0.6) is 0 Å². The number of H-pyrrole nitrogens is 1. The molecule has 0 radical (unpaired) electrons. The lowest BCUT2D eigenvalue weighted by Gasteiger charge is -2.24. The van der Waals surface area contributed by atoms with Gasteiger partial charge in [-0.2, -0.15) is 0 Å². The van der Waals surface area contributed by atoms with E-state index in [0.29, 0.717) is 11.1 Å². The van der Waals surface area contributed by atoms with Gasteiger partial charge in [0, 0.05) is 39.7 Å². The van der Waals surface area contributed by atoms with Gasteiger partial charge in [-0.25, -0.2) is 0 Å². The number of ether oxygens (including phenoxy) is 2. The second-order valence-corrected chi connectivity index (χ2v) is 8.06. The number of Topliss-reactive ketones (excluding diaryl/α,β-unsaturated/α-hetero) is 1. The van der Waals surface area contributed by atoms with Crippen LogP contribution in [0.2, 0.25) is 0 Å². The predicted octanol–water partition coefficient (Wildman–Crippen LogP) is 5.42. The zero-order chi connectivity index (χ0) is 24.1. The highest BCUT2D eigenvalue weighted by molar-refractivity contribution is 6.10. The van der Waals surface area contributed by atoms with Crippen molar-refractivity contribution in [1.29, 1.82) is 0 Å². The molecular weight excluding hydrogens is 430 g/mol. The summed E-state index contributed by atoms with van der Waals surface area (Å²) in [5, 5.41) is 2.12. The van der Waals surface area contributed by atoms with Crippen molar-refractivity contribution < 1.29 is 23.9 Å². The molecule has 174 valence electrons. The lowest BCUT2D eigenvalue weighted by atomic mass is 9.81. The molecule has 1 N–H and O–H groups in total. The van der Waals surface area contributed by atoms with Crippen LogP contribution < -0.4 is 0 Å². The van der Waals surface area contributed by atoms with E-state index < -0.39 is 23.8 Å². The molecular formula is C28H27NO5. The van der Waals surface area contributed by atoms with E-state index >= 15 is 0 Å². The van der Waals surface area contributed by atoms with Crippen molar-refractivity contribution >= 4 is 39.5 Å². The van der Waals surface area contributed by atoms with Gasteiger partial charge < -0.3 is 14.5 Å². The molecule has 0 amide bonds. The van der Waals surface area contributed by atoms with Gasteiger partial charge in [0.15, 0.2) is 11.7 Å². The van der Waals surface area contributed by atoms with Gasteiger partial charge in [0.2, 0.25) is 0 Å². The molecule has 0 aliphatic heterocycles. The van der Waals surface area contributed by atoms with Crippen molar-refractivity contribution in [2.24, 2.45) is 5.92 Å². The molecule has 0 spiro atoms. The number of aromatic nitrogens is 1. The summed E-state index contributed by atoms with van der Waals surface area (Å²) in [4.78, 5) is 42.4. The zero-order valence-corrected chi connectivity index (χ0v) is 19.2. The molecule has 0 fully saturated rings. The Kier molecular flexibility index (Phi) is 7.07. The van der Waals surface area contributed by atoms with Crippen LogP contribution in [0, 0.1) is 5.92 Å². The number of nitrogens with one attached hydrogen (secondary N) is 1. The standard InChI is InChI=1S/C28H27NO5/c1-3-33-27(31)26(28(32)34-4-2)22(18-10-6-5-7-11-18)17-25(30)19-14-15-21-20-12-8-9-13-23(20)29-24(21)16-19/h5-16,22,26,29H,3-4,17H2,1-2H3. The minimum Gasteiger partial charge on any atom is -0.465 e. The maximum Gasteiger partial charge on any atom is 0.320 e. The minimum absolute atomic E-state index is 0.0436. The molecule has 3 aromatic carbocycles. The van der Waals surface area contributed by atoms with Crippen molar-refractivity contribution in [2.75, 3.05) is 13.2 Å². The summed E-state index contributed by atoms with van der Waals surface area (Å²) in [6.45, 7) is 3.61. The Bertz CT molecular complexity index is 1310. The Morgan fingerprint density at radius 3 is 2.06 bits per heavy atom. The summed E-state index contributed by atoms with van der Waals surface area (Å²) in [5.41, 5.74) is 3.06. The van der Waals surface area contributed by atoms with Crippen molar-refractivity contribution in [3.8, 4) is 0 Å². The molecule has 6 nitrogen and oxygen atoms in total. The maximum absolute atomic E-state index is 13.4. The van der Waals surface area contributed by atoms with Gasteiger partial charge in [-0.05, 0) is 31.5 Å². The first kappa shape index (κ1) is 23.2. The number of rotatable bonds is 9. The Hall–Kier alpha value is -3.93. The number of carbonyl (C=O) groups is 3. The van der Waals surface area contributed by atoms with Crippen molar-refractivity contribution in [1.82, 2.24) is 4.98 Å². The van der Waals surface area contributed by atoms with Crippen LogP contribution in [0.25, 0.3) is 21.8 Å². The fraction of sp³-hybridized carbons (Fsp3) is 0.250. The maximum atomic E-state index is 13.4. The van der Waals surface area contributed by atoms with Crippen LogP contribution >= 0.6 is 0 Å². The first-order chi connectivity index (χ1) is 16.5. The molecule has 0 aliphatic carbocycles. The van der Waals surface area contributed by atoms with Gasteiger partial charge in [-0.1, -0.05) is 60.7 Å². The van der Waals surface area contributed by atoms with E-state index in [-0.39, 0.29) is 25.4 Å². The van der Waals surface area contributed by atoms with Gasteiger partial charge in [0.05, 0.1) is 13.2 Å². The summed E-state index contributed by atoms with van der Waals surface area (Å²) in [5.74, 6) is -3.50.